The van der Waals surface area contributed by atoms with E-state index in [4.69, 9.17) is 9.47 Å². The van der Waals surface area contributed by atoms with E-state index in [1.807, 2.05) is 66.7 Å². The van der Waals surface area contributed by atoms with Gasteiger partial charge in [-0.15, -0.1) is 0 Å². The first-order valence-electron chi connectivity index (χ1n) is 8.96. The van der Waals surface area contributed by atoms with Gasteiger partial charge in [0.05, 0.1) is 20.8 Å². The molecule has 0 aliphatic carbocycles. The van der Waals surface area contributed by atoms with Crippen LogP contribution in [-0.4, -0.2) is 32.5 Å². The lowest BCUT2D eigenvalue weighted by molar-refractivity contribution is 0.273. The van der Waals surface area contributed by atoms with E-state index in [1.54, 1.807) is 14.2 Å². The van der Waals surface area contributed by atoms with Crippen molar-refractivity contribution in [2.45, 2.75) is 5.54 Å². The fourth-order valence-corrected chi connectivity index (χ4v) is 3.59. The van der Waals surface area contributed by atoms with E-state index >= 15 is 0 Å². The molecule has 0 saturated carbocycles. The molecule has 0 unspecified atom stereocenters. The maximum atomic E-state index is 9.60. The van der Waals surface area contributed by atoms with Crippen LogP contribution in [0.1, 0.15) is 16.7 Å². The Balaban J connectivity index is 2.39. The molecule has 0 saturated heterocycles. The Labute approximate surface area is 160 Å². The van der Waals surface area contributed by atoms with Gasteiger partial charge in [-0.2, -0.15) is 0 Å². The zero-order valence-corrected chi connectivity index (χ0v) is 15.7. The number of hydrogen-bond donors (Lipinski definition) is 2. The first kappa shape index (κ1) is 19.0. The number of hydrogen-bond acceptors (Lipinski definition) is 4. The Morgan fingerprint density at radius 1 is 0.741 bits per heavy atom. The Morgan fingerprint density at radius 3 is 1.70 bits per heavy atom. The molecule has 0 radical (unpaired) electrons. The second-order valence-corrected chi connectivity index (χ2v) is 6.17. The molecule has 3 aromatic carbocycles. The van der Waals surface area contributed by atoms with E-state index in [1.165, 1.54) is 0 Å². The van der Waals surface area contributed by atoms with Crippen LogP contribution in [0.25, 0.3) is 0 Å². The van der Waals surface area contributed by atoms with Crippen LogP contribution in [0, 0.1) is 0 Å². The average molecular weight is 363 g/mol. The van der Waals surface area contributed by atoms with Gasteiger partial charge in [0, 0.05) is 17.7 Å². The highest BCUT2D eigenvalue weighted by molar-refractivity contribution is 5.58. The Kier molecular flexibility index (Phi) is 6.12. The number of methoxy groups -OCH3 is 2. The normalized spacial score (nSPS) is 11.2. The first-order chi connectivity index (χ1) is 13.3. The predicted molar refractivity (Wildman–Crippen MR) is 107 cm³/mol. The third kappa shape index (κ3) is 3.54. The van der Waals surface area contributed by atoms with E-state index in [0.717, 1.165) is 28.2 Å². The maximum Gasteiger partial charge on any atom is 0.124 e. The van der Waals surface area contributed by atoms with Crippen molar-refractivity contribution in [3.05, 3.63) is 95.6 Å². The minimum Gasteiger partial charge on any atom is -0.496 e. The molecular weight excluding hydrogens is 338 g/mol. The number of rotatable bonds is 8. The van der Waals surface area contributed by atoms with Gasteiger partial charge in [0.1, 0.15) is 17.0 Å². The average Bonchev–Trinajstić information content (AvgIpc) is 2.75. The number of para-hydroxylation sites is 2. The molecule has 3 aromatic rings. The van der Waals surface area contributed by atoms with Crippen LogP contribution in [0.2, 0.25) is 0 Å². The van der Waals surface area contributed by atoms with Crippen molar-refractivity contribution in [2.75, 3.05) is 27.4 Å². The summed E-state index contributed by atoms with van der Waals surface area (Å²) in [6.45, 7) is 0.421. The number of nitrogens with one attached hydrogen (secondary N) is 1. The van der Waals surface area contributed by atoms with Gasteiger partial charge in [-0.25, -0.2) is 0 Å². The predicted octanol–water partition coefficient (Wildman–Crippen LogP) is 3.58. The zero-order valence-electron chi connectivity index (χ0n) is 15.7. The van der Waals surface area contributed by atoms with E-state index in [-0.39, 0.29) is 6.61 Å². The largest absolute Gasteiger partial charge is 0.496 e. The summed E-state index contributed by atoms with van der Waals surface area (Å²) < 4.78 is 11.4. The first-order valence-corrected chi connectivity index (χ1v) is 8.96. The molecule has 0 atom stereocenters. The summed E-state index contributed by atoms with van der Waals surface area (Å²) in [5, 5.41) is 13.2. The topological polar surface area (TPSA) is 50.7 Å². The summed E-state index contributed by atoms with van der Waals surface area (Å²) in [6, 6.07) is 26.0. The van der Waals surface area contributed by atoms with Gasteiger partial charge in [0.15, 0.2) is 0 Å². The molecule has 2 N–H and O–H groups in total. The summed E-state index contributed by atoms with van der Waals surface area (Å²) in [5.74, 6) is 1.52. The van der Waals surface area contributed by atoms with Gasteiger partial charge in [0.25, 0.3) is 0 Å². The molecule has 0 spiro atoms. The van der Waals surface area contributed by atoms with Crippen LogP contribution in [0.15, 0.2) is 78.9 Å². The van der Waals surface area contributed by atoms with Crippen LogP contribution >= 0.6 is 0 Å². The molecule has 4 nitrogen and oxygen atoms in total. The highest BCUT2D eigenvalue weighted by Gasteiger charge is 2.40. The van der Waals surface area contributed by atoms with E-state index in [9.17, 15) is 5.11 Å². The van der Waals surface area contributed by atoms with Gasteiger partial charge in [0.2, 0.25) is 0 Å². The number of benzene rings is 3. The molecule has 0 aromatic heterocycles. The summed E-state index contributed by atoms with van der Waals surface area (Å²) in [5.41, 5.74) is 2.20. The molecule has 0 amide bonds. The molecule has 0 bridgehead atoms. The van der Waals surface area contributed by atoms with Crippen molar-refractivity contribution in [2.24, 2.45) is 0 Å². The quantitative estimate of drug-likeness (QED) is 0.601. The standard InChI is InChI=1S/C23H25NO3/c1-26-21-14-8-6-12-19(21)23(24-16-17-25,18-10-4-3-5-11-18)20-13-7-9-15-22(20)27-2/h3-15,24-25H,16-17H2,1-2H3. The van der Waals surface area contributed by atoms with Crippen molar-refractivity contribution in [1.29, 1.82) is 0 Å². The van der Waals surface area contributed by atoms with Gasteiger partial charge in [-0.05, 0) is 17.7 Å². The van der Waals surface area contributed by atoms with Crippen molar-refractivity contribution < 1.29 is 14.6 Å². The van der Waals surface area contributed by atoms with Gasteiger partial charge in [-0.1, -0.05) is 66.7 Å². The van der Waals surface area contributed by atoms with Crippen LogP contribution in [0.4, 0.5) is 0 Å². The molecule has 0 fully saturated rings. The second-order valence-electron chi connectivity index (χ2n) is 6.17. The summed E-state index contributed by atoms with van der Waals surface area (Å²) in [7, 11) is 3.34. The van der Waals surface area contributed by atoms with Gasteiger partial charge < -0.3 is 14.6 Å². The molecule has 3 rings (SSSR count). The molecule has 0 aliphatic rings. The van der Waals surface area contributed by atoms with Crippen LogP contribution in [0.3, 0.4) is 0 Å². The van der Waals surface area contributed by atoms with Gasteiger partial charge >= 0.3 is 0 Å². The smallest absolute Gasteiger partial charge is 0.124 e. The second kappa shape index (κ2) is 8.71. The van der Waals surface area contributed by atoms with Gasteiger partial charge in [-0.3, -0.25) is 5.32 Å². The minimum atomic E-state index is -0.747. The monoisotopic (exact) mass is 363 g/mol. The highest BCUT2D eigenvalue weighted by atomic mass is 16.5. The lowest BCUT2D eigenvalue weighted by atomic mass is 9.76. The van der Waals surface area contributed by atoms with Crippen LogP contribution < -0.4 is 14.8 Å². The molecule has 4 heteroatoms. The van der Waals surface area contributed by atoms with Crippen molar-refractivity contribution >= 4 is 0 Å². The summed E-state index contributed by atoms with van der Waals surface area (Å²) in [6.07, 6.45) is 0. The molecule has 0 heterocycles. The van der Waals surface area contributed by atoms with Crippen LogP contribution in [0.5, 0.6) is 11.5 Å². The Bertz CT molecular complexity index is 817. The highest BCUT2D eigenvalue weighted by Crippen LogP contribution is 2.44. The van der Waals surface area contributed by atoms with Crippen molar-refractivity contribution in [1.82, 2.24) is 5.32 Å². The van der Waals surface area contributed by atoms with E-state index in [0.29, 0.717) is 6.54 Å². The fraction of sp³-hybridized carbons (Fsp3) is 0.217. The third-order valence-corrected chi connectivity index (χ3v) is 4.73. The lowest BCUT2D eigenvalue weighted by Crippen LogP contribution is -2.46. The Morgan fingerprint density at radius 2 is 1.22 bits per heavy atom. The third-order valence-electron chi connectivity index (χ3n) is 4.73. The van der Waals surface area contributed by atoms with E-state index < -0.39 is 5.54 Å². The summed E-state index contributed by atoms with van der Waals surface area (Å²) in [4.78, 5) is 0. The maximum absolute atomic E-state index is 9.60. The minimum absolute atomic E-state index is 0.0128. The molecule has 0 aliphatic heterocycles. The van der Waals surface area contributed by atoms with Crippen molar-refractivity contribution in [3.8, 4) is 11.5 Å². The summed E-state index contributed by atoms with van der Waals surface area (Å²) >= 11 is 0. The zero-order chi connectivity index (χ0) is 19.1. The number of aliphatic hydroxyl groups is 1. The molecule has 140 valence electrons. The van der Waals surface area contributed by atoms with Crippen molar-refractivity contribution in [3.63, 3.8) is 0 Å². The lowest BCUT2D eigenvalue weighted by Gasteiger charge is -2.38. The Hall–Kier alpha value is -2.82. The molecule has 27 heavy (non-hydrogen) atoms. The van der Waals surface area contributed by atoms with E-state index in [2.05, 4.69) is 17.4 Å². The fourth-order valence-electron chi connectivity index (χ4n) is 3.59. The molecular formula is C23H25NO3. The SMILES string of the molecule is COc1ccccc1C(NCCO)(c1ccccc1)c1ccccc1OC. The number of ether oxygens (including phenoxy) is 2. The number of aliphatic hydroxyl groups excluding tert-OH is 1. The van der Waals surface area contributed by atoms with Crippen LogP contribution in [-0.2, 0) is 5.54 Å².